The van der Waals surface area contributed by atoms with Gasteiger partial charge in [-0.1, -0.05) is 6.08 Å². The number of aliphatic hydroxyl groups excluding tert-OH is 1. The maximum absolute atomic E-state index is 9.46. The van der Waals surface area contributed by atoms with Crippen molar-refractivity contribution in [2.75, 3.05) is 0 Å². The maximum Gasteiger partial charge on any atom is 0.0980 e. The summed E-state index contributed by atoms with van der Waals surface area (Å²) in [7, 11) is 0. The van der Waals surface area contributed by atoms with Crippen molar-refractivity contribution in [2.45, 2.75) is 32.3 Å². The van der Waals surface area contributed by atoms with Gasteiger partial charge < -0.3 is 9.52 Å². The van der Waals surface area contributed by atoms with Gasteiger partial charge in [-0.2, -0.15) is 0 Å². The van der Waals surface area contributed by atoms with Gasteiger partial charge in [-0.05, 0) is 37.3 Å². The molecule has 1 unspecified atom stereocenters. The van der Waals surface area contributed by atoms with E-state index in [0.29, 0.717) is 0 Å². The Morgan fingerprint density at radius 1 is 1.46 bits per heavy atom. The standard InChI is InChI=1S/C11H14O2/c1-8-6-13-7-11(8)9-3-2-4-10(12)5-9/h5-7,10,12H,2-4H2,1H3. The number of rotatable bonds is 1. The van der Waals surface area contributed by atoms with Crippen molar-refractivity contribution in [3.63, 3.8) is 0 Å². The lowest BCUT2D eigenvalue weighted by atomic mass is 9.92. The monoisotopic (exact) mass is 178 g/mol. The average molecular weight is 178 g/mol. The second-order valence-electron chi connectivity index (χ2n) is 3.62. The Morgan fingerprint density at radius 3 is 2.92 bits per heavy atom. The van der Waals surface area contributed by atoms with Gasteiger partial charge >= 0.3 is 0 Å². The van der Waals surface area contributed by atoms with E-state index in [4.69, 9.17) is 4.42 Å². The summed E-state index contributed by atoms with van der Waals surface area (Å²) < 4.78 is 5.11. The Balaban J connectivity index is 2.30. The van der Waals surface area contributed by atoms with Gasteiger partial charge in [-0.25, -0.2) is 0 Å². The second-order valence-corrected chi connectivity index (χ2v) is 3.62. The van der Waals surface area contributed by atoms with Gasteiger partial charge in [0, 0.05) is 5.56 Å². The smallest absolute Gasteiger partial charge is 0.0980 e. The summed E-state index contributed by atoms with van der Waals surface area (Å²) in [4.78, 5) is 0. The maximum atomic E-state index is 9.46. The highest BCUT2D eigenvalue weighted by Gasteiger charge is 2.14. The molecule has 0 saturated heterocycles. The molecule has 2 nitrogen and oxygen atoms in total. The summed E-state index contributed by atoms with van der Waals surface area (Å²) in [6.07, 6.45) is 8.20. The van der Waals surface area contributed by atoms with E-state index in [2.05, 4.69) is 0 Å². The molecule has 0 aromatic carbocycles. The van der Waals surface area contributed by atoms with E-state index < -0.39 is 0 Å². The lowest BCUT2D eigenvalue weighted by molar-refractivity contribution is 0.206. The summed E-state index contributed by atoms with van der Waals surface area (Å²) in [6.45, 7) is 2.03. The van der Waals surface area contributed by atoms with Gasteiger partial charge in [0.05, 0.1) is 18.6 Å². The van der Waals surface area contributed by atoms with Crippen LogP contribution in [-0.2, 0) is 0 Å². The van der Waals surface area contributed by atoms with Crippen LogP contribution in [0.15, 0.2) is 23.0 Å². The van der Waals surface area contributed by atoms with Gasteiger partial charge in [-0.3, -0.25) is 0 Å². The number of allylic oxidation sites excluding steroid dienone is 1. The molecular formula is C11H14O2. The van der Waals surface area contributed by atoms with Crippen molar-refractivity contribution in [1.29, 1.82) is 0 Å². The summed E-state index contributed by atoms with van der Waals surface area (Å²) in [6, 6.07) is 0. The van der Waals surface area contributed by atoms with E-state index >= 15 is 0 Å². The minimum atomic E-state index is -0.266. The molecule has 0 amide bonds. The lowest BCUT2D eigenvalue weighted by Crippen LogP contribution is -2.08. The van der Waals surface area contributed by atoms with E-state index in [0.717, 1.165) is 30.4 Å². The molecule has 0 aliphatic heterocycles. The summed E-state index contributed by atoms with van der Waals surface area (Å²) in [5.41, 5.74) is 3.53. The number of furan rings is 1. The van der Waals surface area contributed by atoms with E-state index in [1.807, 2.05) is 13.0 Å². The third kappa shape index (κ3) is 1.68. The quantitative estimate of drug-likeness (QED) is 0.716. The first-order chi connectivity index (χ1) is 6.27. The molecular weight excluding hydrogens is 164 g/mol. The van der Waals surface area contributed by atoms with Crippen LogP contribution >= 0.6 is 0 Å². The predicted octanol–water partition coefficient (Wildman–Crippen LogP) is 2.52. The van der Waals surface area contributed by atoms with Crippen LogP contribution in [0.3, 0.4) is 0 Å². The lowest BCUT2D eigenvalue weighted by Gasteiger charge is -2.16. The number of hydrogen-bond donors (Lipinski definition) is 1. The van der Waals surface area contributed by atoms with Crippen LogP contribution in [0.4, 0.5) is 0 Å². The molecule has 1 N–H and O–H groups in total. The average Bonchev–Trinajstić information content (AvgIpc) is 2.51. The molecule has 1 aliphatic rings. The molecule has 1 aromatic heterocycles. The largest absolute Gasteiger partial charge is 0.472 e. The van der Waals surface area contributed by atoms with Gasteiger partial charge in [0.15, 0.2) is 0 Å². The van der Waals surface area contributed by atoms with Crippen LogP contribution in [0.25, 0.3) is 5.57 Å². The Morgan fingerprint density at radius 2 is 2.31 bits per heavy atom. The van der Waals surface area contributed by atoms with Crippen molar-refractivity contribution in [1.82, 2.24) is 0 Å². The number of aliphatic hydroxyl groups is 1. The van der Waals surface area contributed by atoms with Gasteiger partial charge in [0.2, 0.25) is 0 Å². The minimum absolute atomic E-state index is 0.266. The molecule has 2 heteroatoms. The van der Waals surface area contributed by atoms with Crippen LogP contribution in [0.1, 0.15) is 30.4 Å². The number of aryl methyl sites for hydroxylation is 1. The first-order valence-electron chi connectivity index (χ1n) is 4.69. The third-order valence-corrected chi connectivity index (χ3v) is 2.54. The third-order valence-electron chi connectivity index (χ3n) is 2.54. The van der Waals surface area contributed by atoms with Crippen molar-refractivity contribution in [3.8, 4) is 0 Å². The molecule has 70 valence electrons. The van der Waals surface area contributed by atoms with Gasteiger partial charge in [-0.15, -0.1) is 0 Å². The fourth-order valence-electron chi connectivity index (χ4n) is 1.81. The Kier molecular flexibility index (Phi) is 2.23. The highest BCUT2D eigenvalue weighted by molar-refractivity contribution is 5.68. The molecule has 0 bridgehead atoms. The van der Waals surface area contributed by atoms with Crippen LogP contribution < -0.4 is 0 Å². The summed E-state index contributed by atoms with van der Waals surface area (Å²) in [5.74, 6) is 0. The molecule has 1 aliphatic carbocycles. The topological polar surface area (TPSA) is 33.4 Å². The molecule has 0 radical (unpaired) electrons. The van der Waals surface area contributed by atoms with Crippen LogP contribution in [-0.4, -0.2) is 11.2 Å². The van der Waals surface area contributed by atoms with Crippen molar-refractivity contribution >= 4 is 5.57 Å². The first kappa shape index (κ1) is 8.57. The molecule has 13 heavy (non-hydrogen) atoms. The van der Waals surface area contributed by atoms with Gasteiger partial charge in [0.1, 0.15) is 0 Å². The molecule has 1 atom stereocenters. The molecule has 0 saturated carbocycles. The van der Waals surface area contributed by atoms with E-state index in [1.165, 1.54) is 5.57 Å². The normalized spacial score (nSPS) is 22.9. The van der Waals surface area contributed by atoms with Crippen molar-refractivity contribution in [2.24, 2.45) is 0 Å². The Labute approximate surface area is 77.9 Å². The van der Waals surface area contributed by atoms with Crippen LogP contribution in [0.2, 0.25) is 0 Å². The van der Waals surface area contributed by atoms with Gasteiger partial charge in [0.25, 0.3) is 0 Å². The van der Waals surface area contributed by atoms with Crippen molar-refractivity contribution < 1.29 is 9.52 Å². The van der Waals surface area contributed by atoms with Crippen LogP contribution in [0, 0.1) is 6.92 Å². The molecule has 2 rings (SSSR count). The SMILES string of the molecule is Cc1cocc1C1=CC(O)CCC1. The highest BCUT2D eigenvalue weighted by atomic mass is 16.3. The van der Waals surface area contributed by atoms with Crippen LogP contribution in [0.5, 0.6) is 0 Å². The zero-order valence-electron chi connectivity index (χ0n) is 7.79. The Hall–Kier alpha value is -1.02. The summed E-state index contributed by atoms with van der Waals surface area (Å²) >= 11 is 0. The zero-order chi connectivity index (χ0) is 9.26. The predicted molar refractivity (Wildman–Crippen MR) is 51.3 cm³/mol. The van der Waals surface area contributed by atoms with Crippen molar-refractivity contribution in [3.05, 3.63) is 29.7 Å². The summed E-state index contributed by atoms with van der Waals surface area (Å²) in [5, 5.41) is 9.46. The minimum Gasteiger partial charge on any atom is -0.472 e. The first-order valence-corrected chi connectivity index (χ1v) is 4.69. The molecule has 1 aromatic rings. The molecule has 0 fully saturated rings. The van der Waals surface area contributed by atoms with E-state index in [-0.39, 0.29) is 6.10 Å². The molecule has 1 heterocycles. The van der Waals surface area contributed by atoms with E-state index in [1.54, 1.807) is 12.5 Å². The Bertz CT molecular complexity index is 323. The fraction of sp³-hybridized carbons (Fsp3) is 0.455. The zero-order valence-corrected chi connectivity index (χ0v) is 7.79. The fourth-order valence-corrected chi connectivity index (χ4v) is 1.81. The number of hydrogen-bond acceptors (Lipinski definition) is 2. The second kappa shape index (κ2) is 3.38. The molecule has 0 spiro atoms. The highest BCUT2D eigenvalue weighted by Crippen LogP contribution is 2.29. The van der Waals surface area contributed by atoms with E-state index in [9.17, 15) is 5.11 Å².